The number of nitrogens with zero attached hydrogens (tertiary/aromatic N) is 6. The number of aryl methyl sites for hydroxylation is 3. The van der Waals surface area contributed by atoms with Crippen molar-refractivity contribution < 1.29 is 47.1 Å². The Morgan fingerprint density at radius 2 is 1.09 bits per heavy atom. The normalized spacial score (nSPS) is 12.4. The van der Waals surface area contributed by atoms with Gasteiger partial charge in [-0.1, -0.05) is 80.6 Å². The van der Waals surface area contributed by atoms with E-state index in [2.05, 4.69) is 102 Å². The van der Waals surface area contributed by atoms with Gasteiger partial charge in [-0.3, -0.25) is 14.4 Å². The van der Waals surface area contributed by atoms with Crippen molar-refractivity contribution in [1.29, 1.82) is 0 Å². The van der Waals surface area contributed by atoms with Crippen LogP contribution in [0.25, 0.3) is 0 Å². The van der Waals surface area contributed by atoms with E-state index < -0.39 is 5.91 Å². The number of carbonyl (C=O) groups excluding carboxylic acids is 4. The molecule has 454 valence electrons. The van der Waals surface area contributed by atoms with E-state index in [0.29, 0.717) is 96.7 Å². The quantitative estimate of drug-likeness (QED) is 0.0137. The van der Waals surface area contributed by atoms with Crippen molar-refractivity contribution in [3.8, 4) is 11.5 Å². The molecule has 0 radical (unpaired) electrons. The number of nitrogen functional groups attached to an aromatic ring is 3. The first-order valence-corrected chi connectivity index (χ1v) is 30.0. The lowest BCUT2D eigenvalue weighted by molar-refractivity contribution is -0.916. The highest BCUT2D eigenvalue weighted by Crippen LogP contribution is 2.24. The molecular weight excluding hydrogens is 1090 g/mol. The van der Waals surface area contributed by atoms with E-state index in [1.807, 2.05) is 24.3 Å². The van der Waals surface area contributed by atoms with Crippen molar-refractivity contribution in [2.45, 2.75) is 136 Å². The number of ketones is 2. The summed E-state index contributed by atoms with van der Waals surface area (Å²) in [5, 5.41) is 8.80. The second-order valence-corrected chi connectivity index (χ2v) is 22.8. The summed E-state index contributed by atoms with van der Waals surface area (Å²) in [6.45, 7) is 11.8. The van der Waals surface area contributed by atoms with Gasteiger partial charge in [-0.05, 0) is 80.8 Å². The van der Waals surface area contributed by atoms with E-state index in [1.165, 1.54) is 11.1 Å². The molecule has 3 amide bonds. The van der Waals surface area contributed by atoms with Gasteiger partial charge in [-0.15, -0.1) is 0 Å². The first-order chi connectivity index (χ1) is 39.2. The average molecular weight is 1180 g/mol. The smallest absolute Gasteiger partial charge is 0.314 e. The van der Waals surface area contributed by atoms with Crippen LogP contribution in [0.15, 0.2) is 48.5 Å². The number of Topliss-reactive ketones (excluding diaryl/α,β-unsaturated/α-hetero) is 2. The number of carbonyl (C=O) groups is 4. The second-order valence-electron chi connectivity index (χ2n) is 22.1. The molecule has 0 saturated carbocycles. The highest BCUT2D eigenvalue weighted by atomic mass is 35.5. The number of benzene rings is 2. The molecule has 0 unspecified atom stereocenters. The number of amides is 3. The van der Waals surface area contributed by atoms with Crippen molar-refractivity contribution in [1.82, 2.24) is 35.9 Å². The maximum absolute atomic E-state index is 13.0. The van der Waals surface area contributed by atoms with Crippen LogP contribution < -0.4 is 42.6 Å². The van der Waals surface area contributed by atoms with Crippen molar-refractivity contribution in [3.63, 3.8) is 0 Å². The molecule has 0 saturated heterocycles. The van der Waals surface area contributed by atoms with Crippen LogP contribution in [0, 0.1) is 6.92 Å². The third-order valence-corrected chi connectivity index (χ3v) is 15.4. The van der Waals surface area contributed by atoms with Gasteiger partial charge >= 0.3 is 6.03 Å². The molecule has 2 heterocycles. The number of urea groups is 1. The van der Waals surface area contributed by atoms with E-state index in [4.69, 9.17) is 59.4 Å². The minimum absolute atomic E-state index is 0.0148. The highest BCUT2D eigenvalue weighted by Gasteiger charge is 2.30. The number of quaternary nitrogens is 2. The Hall–Kier alpha value is -5.90. The van der Waals surface area contributed by atoms with Crippen molar-refractivity contribution in [3.05, 3.63) is 87.0 Å². The van der Waals surface area contributed by atoms with Gasteiger partial charge in [-0.25, -0.2) is 24.7 Å². The minimum Gasteiger partial charge on any atom is -0.491 e. The summed E-state index contributed by atoms with van der Waals surface area (Å²) in [5.74, 6) is 1.29. The Morgan fingerprint density at radius 3 is 1.70 bits per heavy atom. The number of aromatic nitrogens is 4. The molecule has 2 aromatic carbocycles. The largest absolute Gasteiger partial charge is 0.491 e. The number of hydrogen-bond acceptors (Lipinski definition) is 15. The fraction of sp³-hybridized carbons (Fsp3) is 0.600. The molecule has 82 heavy (non-hydrogen) atoms. The Kier molecular flexibility index (Phi) is 30.6. The second kappa shape index (κ2) is 36.6. The molecule has 0 aliphatic carbocycles. The standard InChI is InChI=1S/C60H92Cl2N12O8/c1-8-16-46(26-31-51(76)52-56(63)69-43(3)54(61)70-52)73(4,5)34-13-18-44-22-29-50(30-23-44)82-41-39-80-37-33-67-60(78)66-32-12-10-11-20-48(75)21-15-36-79-38-40-81-49-27-24-45(25-28-49)19-14-35-74(6,7)47(17-9-2)42-68-59(77)53-57(64)72-58(65)55(62)71-53/h22-25,27-30,46-47H,8-21,26,31-42H2,1-7H3,(H7-2,63,64,65,66,67,68,69,72,76,77,78)/p+2/t46-,47-/m0/s1. The van der Waals surface area contributed by atoms with E-state index in [0.717, 1.165) is 111 Å². The van der Waals surface area contributed by atoms with E-state index >= 15 is 0 Å². The zero-order chi connectivity index (χ0) is 59.9. The van der Waals surface area contributed by atoms with E-state index in [1.54, 1.807) is 6.92 Å². The Bertz CT molecular complexity index is 2400. The molecular formula is C60H94Cl2N12O8+2. The van der Waals surface area contributed by atoms with E-state index in [9.17, 15) is 19.2 Å². The molecule has 0 aliphatic heterocycles. The van der Waals surface area contributed by atoms with Gasteiger partial charge in [0, 0.05) is 64.6 Å². The Balaban J connectivity index is 0.934. The Labute approximate surface area is 496 Å². The van der Waals surface area contributed by atoms with Crippen LogP contribution in [0.5, 0.6) is 11.5 Å². The molecule has 0 spiro atoms. The van der Waals surface area contributed by atoms with Crippen LogP contribution in [0.2, 0.25) is 10.3 Å². The molecule has 9 N–H and O–H groups in total. The van der Waals surface area contributed by atoms with Gasteiger partial charge in [0.15, 0.2) is 39.2 Å². The topological polar surface area (TPSA) is 271 Å². The molecule has 0 aliphatic rings. The van der Waals surface area contributed by atoms with Gasteiger partial charge in [-0.2, -0.15) is 0 Å². The zero-order valence-corrected chi connectivity index (χ0v) is 51.3. The maximum atomic E-state index is 13.0. The third kappa shape index (κ3) is 25.3. The fourth-order valence-electron chi connectivity index (χ4n) is 9.76. The summed E-state index contributed by atoms with van der Waals surface area (Å²) in [6, 6.07) is 16.6. The number of rotatable bonds is 42. The molecule has 22 heteroatoms. The van der Waals surface area contributed by atoms with Crippen molar-refractivity contribution in [2.75, 3.05) is 118 Å². The summed E-state index contributed by atoms with van der Waals surface area (Å²) >= 11 is 12.1. The summed E-state index contributed by atoms with van der Waals surface area (Å²) in [6.07, 6.45) is 13.0. The molecule has 2 aromatic heterocycles. The predicted octanol–water partition coefficient (Wildman–Crippen LogP) is 8.78. The predicted molar refractivity (Wildman–Crippen MR) is 326 cm³/mol. The highest BCUT2D eigenvalue weighted by molar-refractivity contribution is 6.31. The van der Waals surface area contributed by atoms with Gasteiger partial charge in [0.2, 0.25) is 0 Å². The maximum Gasteiger partial charge on any atom is 0.314 e. The number of hydrogen-bond donors (Lipinski definition) is 6. The van der Waals surface area contributed by atoms with Crippen LogP contribution in [0.4, 0.5) is 22.2 Å². The monoisotopic (exact) mass is 1180 g/mol. The molecule has 2 atom stereocenters. The van der Waals surface area contributed by atoms with Gasteiger partial charge in [0.25, 0.3) is 5.91 Å². The van der Waals surface area contributed by atoms with Gasteiger partial charge < -0.3 is 61.1 Å². The number of nitrogens with two attached hydrogens (primary N) is 3. The summed E-state index contributed by atoms with van der Waals surface area (Å²) in [7, 11) is 8.86. The molecule has 20 nitrogen and oxygen atoms in total. The van der Waals surface area contributed by atoms with E-state index in [-0.39, 0.29) is 62.8 Å². The van der Waals surface area contributed by atoms with Crippen LogP contribution in [-0.4, -0.2) is 165 Å². The number of likely N-dealkylation sites (N-methyl/N-ethyl adjacent to an activating group) is 1. The number of unbranched alkanes of at least 4 members (excludes halogenated alkanes) is 2. The summed E-state index contributed by atoms with van der Waals surface area (Å²) in [4.78, 5) is 66.8. The van der Waals surface area contributed by atoms with Crippen LogP contribution in [0.1, 0.15) is 142 Å². The lowest BCUT2D eigenvalue weighted by Gasteiger charge is -2.38. The molecule has 4 rings (SSSR count). The lowest BCUT2D eigenvalue weighted by Crippen LogP contribution is -2.54. The van der Waals surface area contributed by atoms with Crippen LogP contribution in [-0.2, 0) is 27.1 Å². The van der Waals surface area contributed by atoms with Gasteiger partial charge in [0.1, 0.15) is 42.2 Å². The number of nitrogens with one attached hydrogen (secondary N) is 3. The number of anilines is 3. The molecule has 0 bridgehead atoms. The SMILES string of the molecule is CCC[C@@H](CCC(=O)c1nc(Cl)c(C)nc1N)[N+](C)(C)CCCc1ccc(OCCOCCNC(=O)NCCCCCC(=O)CCCOCCOc2ccc(CCC[N+](C)(C)[C@@H](CCC)CNC(=O)c3nc(Cl)c(N)nc3N)cc2)cc1. The first-order valence-electron chi connectivity index (χ1n) is 29.2. The van der Waals surface area contributed by atoms with Crippen LogP contribution in [0.3, 0.4) is 0 Å². The van der Waals surface area contributed by atoms with Crippen molar-refractivity contribution >= 4 is 64.2 Å². The van der Waals surface area contributed by atoms with Crippen LogP contribution >= 0.6 is 23.2 Å². The zero-order valence-electron chi connectivity index (χ0n) is 49.8. The first kappa shape index (κ1) is 68.6. The van der Waals surface area contributed by atoms with Gasteiger partial charge in [0.05, 0.1) is 79.4 Å². The lowest BCUT2D eigenvalue weighted by atomic mass is 9.99. The summed E-state index contributed by atoms with van der Waals surface area (Å²) in [5.41, 5.74) is 20.6. The number of ether oxygens (including phenoxy) is 4. The average Bonchev–Trinajstić information content (AvgIpc) is 3.51. The van der Waals surface area contributed by atoms with Crippen molar-refractivity contribution in [2.24, 2.45) is 0 Å². The molecule has 0 fully saturated rings. The fourth-order valence-corrected chi connectivity index (χ4v) is 10.0. The minimum atomic E-state index is -0.428. The summed E-state index contributed by atoms with van der Waals surface area (Å²) < 4.78 is 24.7. The third-order valence-electron chi connectivity index (χ3n) is 14.8. The number of halogens is 2. The Morgan fingerprint density at radius 1 is 0.549 bits per heavy atom. The molecule has 4 aromatic rings.